The topological polar surface area (TPSA) is 52.0 Å². The SMILES string of the molecule is NCCCC[C@@H](N)c1ccc(F)cc1. The van der Waals surface area contributed by atoms with Crippen molar-refractivity contribution in [3.8, 4) is 0 Å². The Bertz CT molecular complexity index is 258. The van der Waals surface area contributed by atoms with Gasteiger partial charge in [0, 0.05) is 6.04 Å². The number of hydrogen-bond donors (Lipinski definition) is 2. The van der Waals surface area contributed by atoms with Crippen LogP contribution in [-0.4, -0.2) is 6.54 Å². The average Bonchev–Trinajstić information content (AvgIpc) is 2.19. The summed E-state index contributed by atoms with van der Waals surface area (Å²) in [6.07, 6.45) is 2.92. The summed E-state index contributed by atoms with van der Waals surface area (Å²) in [6, 6.07) is 6.36. The highest BCUT2D eigenvalue weighted by atomic mass is 19.1. The van der Waals surface area contributed by atoms with Crippen LogP contribution in [0.15, 0.2) is 24.3 Å². The second kappa shape index (κ2) is 5.73. The highest BCUT2D eigenvalue weighted by molar-refractivity contribution is 5.19. The number of rotatable bonds is 5. The smallest absolute Gasteiger partial charge is 0.123 e. The van der Waals surface area contributed by atoms with E-state index in [-0.39, 0.29) is 11.9 Å². The Morgan fingerprint density at radius 3 is 2.36 bits per heavy atom. The molecule has 0 aliphatic heterocycles. The molecular formula is C11H17FN2. The van der Waals surface area contributed by atoms with Crippen molar-refractivity contribution < 1.29 is 4.39 Å². The lowest BCUT2D eigenvalue weighted by atomic mass is 10.0. The third kappa shape index (κ3) is 3.44. The first-order valence-corrected chi connectivity index (χ1v) is 4.95. The summed E-state index contributed by atoms with van der Waals surface area (Å²) in [5.74, 6) is -0.220. The van der Waals surface area contributed by atoms with Gasteiger partial charge in [-0.15, -0.1) is 0 Å². The monoisotopic (exact) mass is 196 g/mol. The Kier molecular flexibility index (Phi) is 4.56. The van der Waals surface area contributed by atoms with E-state index in [1.54, 1.807) is 12.1 Å². The Morgan fingerprint density at radius 1 is 1.14 bits per heavy atom. The first-order chi connectivity index (χ1) is 6.74. The zero-order valence-electron chi connectivity index (χ0n) is 8.25. The van der Waals surface area contributed by atoms with Gasteiger partial charge in [0.15, 0.2) is 0 Å². The first-order valence-electron chi connectivity index (χ1n) is 4.95. The van der Waals surface area contributed by atoms with Crippen molar-refractivity contribution in [2.24, 2.45) is 11.5 Å². The van der Waals surface area contributed by atoms with Gasteiger partial charge < -0.3 is 11.5 Å². The van der Waals surface area contributed by atoms with Gasteiger partial charge in [-0.25, -0.2) is 4.39 Å². The predicted octanol–water partition coefficient (Wildman–Crippen LogP) is 1.95. The Hall–Kier alpha value is -0.930. The van der Waals surface area contributed by atoms with E-state index < -0.39 is 0 Å². The molecule has 1 aromatic carbocycles. The minimum absolute atomic E-state index is 0.00199. The molecule has 14 heavy (non-hydrogen) atoms. The molecule has 0 amide bonds. The van der Waals surface area contributed by atoms with Crippen LogP contribution in [0.2, 0.25) is 0 Å². The molecule has 3 heteroatoms. The second-order valence-corrected chi connectivity index (χ2v) is 3.44. The van der Waals surface area contributed by atoms with E-state index in [1.807, 2.05) is 0 Å². The highest BCUT2D eigenvalue weighted by Gasteiger charge is 2.04. The number of halogens is 1. The summed E-state index contributed by atoms with van der Waals surface area (Å²) < 4.78 is 12.6. The van der Waals surface area contributed by atoms with E-state index in [2.05, 4.69) is 0 Å². The molecule has 0 saturated carbocycles. The van der Waals surface area contributed by atoms with Gasteiger partial charge in [-0.2, -0.15) is 0 Å². The van der Waals surface area contributed by atoms with Gasteiger partial charge in [0.05, 0.1) is 0 Å². The number of unbranched alkanes of at least 4 members (excludes halogenated alkanes) is 1. The van der Waals surface area contributed by atoms with Gasteiger partial charge >= 0.3 is 0 Å². The maximum atomic E-state index is 12.6. The predicted molar refractivity (Wildman–Crippen MR) is 56.2 cm³/mol. The third-order valence-electron chi connectivity index (χ3n) is 2.27. The van der Waals surface area contributed by atoms with Crippen molar-refractivity contribution in [1.82, 2.24) is 0 Å². The fourth-order valence-electron chi connectivity index (χ4n) is 1.39. The second-order valence-electron chi connectivity index (χ2n) is 3.44. The number of benzene rings is 1. The lowest BCUT2D eigenvalue weighted by molar-refractivity contribution is 0.586. The average molecular weight is 196 g/mol. The van der Waals surface area contributed by atoms with E-state index in [1.165, 1.54) is 12.1 Å². The van der Waals surface area contributed by atoms with Crippen LogP contribution in [0.3, 0.4) is 0 Å². The molecule has 0 fully saturated rings. The van der Waals surface area contributed by atoms with E-state index in [0.29, 0.717) is 6.54 Å². The molecule has 0 aliphatic rings. The molecule has 78 valence electrons. The van der Waals surface area contributed by atoms with Crippen molar-refractivity contribution in [3.63, 3.8) is 0 Å². The largest absolute Gasteiger partial charge is 0.330 e. The minimum Gasteiger partial charge on any atom is -0.330 e. The lowest BCUT2D eigenvalue weighted by Gasteiger charge is -2.11. The van der Waals surface area contributed by atoms with E-state index in [0.717, 1.165) is 24.8 Å². The summed E-state index contributed by atoms with van der Waals surface area (Å²) in [7, 11) is 0. The van der Waals surface area contributed by atoms with Crippen LogP contribution in [0.1, 0.15) is 30.9 Å². The summed E-state index contributed by atoms with van der Waals surface area (Å²) in [5.41, 5.74) is 12.3. The number of nitrogens with two attached hydrogens (primary N) is 2. The number of hydrogen-bond acceptors (Lipinski definition) is 2. The Morgan fingerprint density at radius 2 is 1.79 bits per heavy atom. The molecule has 0 bridgehead atoms. The van der Waals surface area contributed by atoms with Gasteiger partial charge in [-0.05, 0) is 37.1 Å². The molecule has 4 N–H and O–H groups in total. The molecule has 0 radical (unpaired) electrons. The zero-order valence-corrected chi connectivity index (χ0v) is 8.25. The lowest BCUT2D eigenvalue weighted by Crippen LogP contribution is -2.11. The summed E-state index contributed by atoms with van der Waals surface area (Å²) in [6.45, 7) is 0.705. The molecule has 0 aliphatic carbocycles. The van der Waals surface area contributed by atoms with Crippen molar-refractivity contribution >= 4 is 0 Å². The molecule has 1 aromatic rings. The quantitative estimate of drug-likeness (QED) is 0.707. The highest BCUT2D eigenvalue weighted by Crippen LogP contribution is 2.16. The Balaban J connectivity index is 2.43. The van der Waals surface area contributed by atoms with Crippen molar-refractivity contribution in [2.75, 3.05) is 6.54 Å². The fraction of sp³-hybridized carbons (Fsp3) is 0.455. The molecule has 0 aromatic heterocycles. The summed E-state index contributed by atoms with van der Waals surface area (Å²) in [5, 5.41) is 0. The van der Waals surface area contributed by atoms with Gasteiger partial charge in [0.25, 0.3) is 0 Å². The van der Waals surface area contributed by atoms with Crippen molar-refractivity contribution in [3.05, 3.63) is 35.6 Å². The van der Waals surface area contributed by atoms with Crippen molar-refractivity contribution in [2.45, 2.75) is 25.3 Å². The van der Waals surface area contributed by atoms with Gasteiger partial charge in [-0.1, -0.05) is 18.6 Å². The molecule has 1 atom stereocenters. The van der Waals surface area contributed by atoms with Crippen LogP contribution < -0.4 is 11.5 Å². The maximum Gasteiger partial charge on any atom is 0.123 e. The fourth-order valence-corrected chi connectivity index (χ4v) is 1.39. The minimum atomic E-state index is -0.220. The normalized spacial score (nSPS) is 12.8. The molecular weight excluding hydrogens is 179 g/mol. The van der Waals surface area contributed by atoms with E-state index in [4.69, 9.17) is 11.5 Å². The molecule has 1 rings (SSSR count). The summed E-state index contributed by atoms with van der Waals surface area (Å²) in [4.78, 5) is 0. The Labute approximate surface area is 84.1 Å². The van der Waals surface area contributed by atoms with E-state index >= 15 is 0 Å². The van der Waals surface area contributed by atoms with Crippen LogP contribution in [-0.2, 0) is 0 Å². The molecule has 0 unspecified atom stereocenters. The summed E-state index contributed by atoms with van der Waals surface area (Å²) >= 11 is 0. The van der Waals surface area contributed by atoms with Crippen LogP contribution in [0, 0.1) is 5.82 Å². The van der Waals surface area contributed by atoms with Crippen LogP contribution >= 0.6 is 0 Å². The third-order valence-corrected chi connectivity index (χ3v) is 2.27. The van der Waals surface area contributed by atoms with Gasteiger partial charge in [0.1, 0.15) is 5.82 Å². The van der Waals surface area contributed by atoms with Crippen LogP contribution in [0.25, 0.3) is 0 Å². The van der Waals surface area contributed by atoms with Gasteiger partial charge in [-0.3, -0.25) is 0 Å². The van der Waals surface area contributed by atoms with Gasteiger partial charge in [0.2, 0.25) is 0 Å². The molecule has 0 spiro atoms. The van der Waals surface area contributed by atoms with Crippen molar-refractivity contribution in [1.29, 1.82) is 0 Å². The van der Waals surface area contributed by atoms with Crippen LogP contribution in [0.4, 0.5) is 4.39 Å². The molecule has 2 nitrogen and oxygen atoms in total. The molecule has 0 heterocycles. The van der Waals surface area contributed by atoms with E-state index in [9.17, 15) is 4.39 Å². The molecule has 0 saturated heterocycles. The zero-order chi connectivity index (χ0) is 10.4. The first kappa shape index (κ1) is 11.1. The maximum absolute atomic E-state index is 12.6. The van der Waals surface area contributed by atoms with Crippen LogP contribution in [0.5, 0.6) is 0 Å². The standard InChI is InChI=1S/C11H17FN2/c12-10-6-4-9(5-7-10)11(14)3-1-2-8-13/h4-7,11H,1-3,8,13-14H2/t11-/m1/s1.